The standard InChI is InChI=1S/C10H21N.C2H6.H2/c1-9-4-3-5-10(7-6-9)8-11-2;1-2;/h9-11H,3-8H2,1-2H3;1-2H3;1H/t9?,10-;;/m0../s1. The molecule has 0 radical (unpaired) electrons. The van der Waals surface area contributed by atoms with Crippen molar-refractivity contribution < 1.29 is 1.43 Å². The molecule has 1 N–H and O–H groups in total. The van der Waals surface area contributed by atoms with E-state index in [-0.39, 0.29) is 1.43 Å². The van der Waals surface area contributed by atoms with Crippen molar-refractivity contribution in [1.82, 2.24) is 5.32 Å². The minimum absolute atomic E-state index is 0. The molecular formula is C12H29N. The van der Waals surface area contributed by atoms with E-state index >= 15 is 0 Å². The van der Waals surface area contributed by atoms with Crippen molar-refractivity contribution in [2.75, 3.05) is 13.6 Å². The molecule has 0 aromatic carbocycles. The van der Waals surface area contributed by atoms with Gasteiger partial charge >= 0.3 is 0 Å². The Morgan fingerprint density at radius 2 is 1.85 bits per heavy atom. The molecule has 0 amide bonds. The molecule has 0 spiro atoms. The van der Waals surface area contributed by atoms with Gasteiger partial charge in [0.05, 0.1) is 0 Å². The van der Waals surface area contributed by atoms with Gasteiger partial charge in [-0.2, -0.15) is 0 Å². The van der Waals surface area contributed by atoms with E-state index in [1.165, 1.54) is 38.6 Å². The third-order valence-corrected chi connectivity index (χ3v) is 2.87. The summed E-state index contributed by atoms with van der Waals surface area (Å²) in [5.41, 5.74) is 0. The summed E-state index contributed by atoms with van der Waals surface area (Å²) < 4.78 is 0. The molecule has 1 nitrogen and oxygen atoms in total. The van der Waals surface area contributed by atoms with Crippen molar-refractivity contribution in [1.29, 1.82) is 0 Å². The van der Waals surface area contributed by atoms with Gasteiger partial charge in [-0.25, -0.2) is 0 Å². The lowest BCUT2D eigenvalue weighted by Gasteiger charge is -2.12. The maximum Gasteiger partial charge on any atom is 0 e. The Balaban J connectivity index is 0. The van der Waals surface area contributed by atoms with E-state index in [4.69, 9.17) is 0 Å². The summed E-state index contributed by atoms with van der Waals surface area (Å²) in [5, 5.41) is 3.28. The third-order valence-electron chi connectivity index (χ3n) is 2.87. The van der Waals surface area contributed by atoms with Crippen LogP contribution in [-0.4, -0.2) is 13.6 Å². The molecule has 0 aromatic heterocycles. The third kappa shape index (κ3) is 6.09. The number of hydrogen-bond donors (Lipinski definition) is 1. The van der Waals surface area contributed by atoms with E-state index in [1.54, 1.807) is 0 Å². The fourth-order valence-electron chi connectivity index (χ4n) is 2.06. The molecule has 1 aliphatic rings. The van der Waals surface area contributed by atoms with Crippen LogP contribution in [0.3, 0.4) is 0 Å². The summed E-state index contributed by atoms with van der Waals surface area (Å²) in [6.45, 7) is 7.62. The molecule has 1 heteroatoms. The Morgan fingerprint density at radius 1 is 1.15 bits per heavy atom. The van der Waals surface area contributed by atoms with E-state index in [1.807, 2.05) is 13.8 Å². The second-order valence-electron chi connectivity index (χ2n) is 4.04. The molecule has 1 fully saturated rings. The van der Waals surface area contributed by atoms with Crippen LogP contribution in [0.25, 0.3) is 0 Å². The Labute approximate surface area is 85.8 Å². The van der Waals surface area contributed by atoms with Crippen LogP contribution in [0.15, 0.2) is 0 Å². The second-order valence-corrected chi connectivity index (χ2v) is 4.04. The lowest BCUT2D eigenvalue weighted by Crippen LogP contribution is -2.18. The zero-order valence-corrected chi connectivity index (χ0v) is 9.90. The van der Waals surface area contributed by atoms with Crippen molar-refractivity contribution >= 4 is 0 Å². The largest absolute Gasteiger partial charge is 0.319 e. The van der Waals surface area contributed by atoms with Crippen LogP contribution in [0, 0.1) is 11.8 Å². The minimum atomic E-state index is 0. The van der Waals surface area contributed by atoms with Crippen LogP contribution in [0.2, 0.25) is 0 Å². The predicted molar refractivity (Wildman–Crippen MR) is 63.1 cm³/mol. The molecule has 82 valence electrons. The molecule has 1 rings (SSSR count). The highest BCUT2D eigenvalue weighted by molar-refractivity contribution is 4.68. The van der Waals surface area contributed by atoms with Crippen molar-refractivity contribution in [3.8, 4) is 0 Å². The van der Waals surface area contributed by atoms with Gasteiger partial charge in [-0.1, -0.05) is 40.0 Å². The molecular weight excluding hydrogens is 158 g/mol. The summed E-state index contributed by atoms with van der Waals surface area (Å²) in [6, 6.07) is 0. The Morgan fingerprint density at radius 3 is 2.46 bits per heavy atom. The van der Waals surface area contributed by atoms with Crippen molar-refractivity contribution in [3.63, 3.8) is 0 Å². The van der Waals surface area contributed by atoms with E-state index < -0.39 is 0 Å². The van der Waals surface area contributed by atoms with E-state index in [0.717, 1.165) is 11.8 Å². The topological polar surface area (TPSA) is 12.0 Å². The summed E-state index contributed by atoms with van der Waals surface area (Å²) in [4.78, 5) is 0. The van der Waals surface area contributed by atoms with Gasteiger partial charge in [0.1, 0.15) is 0 Å². The van der Waals surface area contributed by atoms with Gasteiger partial charge in [-0.15, -0.1) is 0 Å². The molecule has 0 aromatic rings. The maximum atomic E-state index is 3.28. The first-order chi connectivity index (χ1) is 6.33. The summed E-state index contributed by atoms with van der Waals surface area (Å²) in [5.74, 6) is 1.95. The molecule has 1 saturated carbocycles. The van der Waals surface area contributed by atoms with Crippen LogP contribution in [0.5, 0.6) is 0 Å². The fraction of sp³-hybridized carbons (Fsp3) is 1.00. The van der Waals surface area contributed by atoms with Crippen molar-refractivity contribution in [3.05, 3.63) is 0 Å². The number of rotatable bonds is 2. The van der Waals surface area contributed by atoms with Crippen LogP contribution in [0.1, 0.15) is 54.3 Å². The number of nitrogens with one attached hydrogen (secondary N) is 1. The monoisotopic (exact) mass is 187 g/mol. The molecule has 0 aliphatic heterocycles. The quantitative estimate of drug-likeness (QED) is 0.650. The molecule has 0 heterocycles. The SMILES string of the molecule is CC.CNC[C@H]1CCCC(C)CC1.[HH]. The Hall–Kier alpha value is -0.0400. The zero-order chi connectivity index (χ0) is 10.1. The highest BCUT2D eigenvalue weighted by atomic mass is 14.8. The predicted octanol–water partition coefficient (Wildman–Crippen LogP) is 3.69. The summed E-state index contributed by atoms with van der Waals surface area (Å²) in [7, 11) is 2.06. The summed E-state index contributed by atoms with van der Waals surface area (Å²) >= 11 is 0. The first kappa shape index (κ1) is 13.0. The maximum absolute atomic E-state index is 3.28. The Bertz CT molecular complexity index is 106. The van der Waals surface area contributed by atoms with Crippen LogP contribution >= 0.6 is 0 Å². The molecule has 0 bridgehead atoms. The molecule has 1 unspecified atom stereocenters. The van der Waals surface area contributed by atoms with Gasteiger partial charge in [0.25, 0.3) is 0 Å². The van der Waals surface area contributed by atoms with Crippen LogP contribution < -0.4 is 5.32 Å². The Kier molecular flexibility index (Phi) is 8.53. The van der Waals surface area contributed by atoms with Crippen molar-refractivity contribution in [2.45, 2.75) is 52.9 Å². The van der Waals surface area contributed by atoms with E-state index in [2.05, 4.69) is 19.3 Å². The van der Waals surface area contributed by atoms with Gasteiger partial charge in [0.2, 0.25) is 0 Å². The first-order valence-electron chi connectivity index (χ1n) is 5.97. The molecule has 0 saturated heterocycles. The molecule has 13 heavy (non-hydrogen) atoms. The second kappa shape index (κ2) is 8.55. The minimum Gasteiger partial charge on any atom is -0.319 e. The normalized spacial score (nSPS) is 28.6. The van der Waals surface area contributed by atoms with Gasteiger partial charge in [0.15, 0.2) is 0 Å². The smallest absolute Gasteiger partial charge is 0 e. The highest BCUT2D eigenvalue weighted by Crippen LogP contribution is 2.26. The first-order valence-corrected chi connectivity index (χ1v) is 5.97. The highest BCUT2D eigenvalue weighted by Gasteiger charge is 2.14. The van der Waals surface area contributed by atoms with Crippen molar-refractivity contribution in [2.24, 2.45) is 11.8 Å². The summed E-state index contributed by atoms with van der Waals surface area (Å²) in [6.07, 6.45) is 7.26. The van der Waals surface area contributed by atoms with Gasteiger partial charge in [0, 0.05) is 1.43 Å². The van der Waals surface area contributed by atoms with Gasteiger partial charge in [-0.3, -0.25) is 0 Å². The fourth-order valence-corrected chi connectivity index (χ4v) is 2.06. The average Bonchev–Trinajstić information content (AvgIpc) is 2.36. The van der Waals surface area contributed by atoms with Crippen LogP contribution in [0.4, 0.5) is 0 Å². The molecule has 2 atom stereocenters. The number of hydrogen-bond acceptors (Lipinski definition) is 1. The average molecular weight is 187 g/mol. The zero-order valence-electron chi connectivity index (χ0n) is 9.90. The molecule has 1 aliphatic carbocycles. The van der Waals surface area contributed by atoms with Gasteiger partial charge in [-0.05, 0) is 38.3 Å². The van der Waals surface area contributed by atoms with Crippen LogP contribution in [-0.2, 0) is 0 Å². The lowest BCUT2D eigenvalue weighted by atomic mass is 9.99. The lowest BCUT2D eigenvalue weighted by molar-refractivity contribution is 0.430. The van der Waals surface area contributed by atoms with E-state index in [0.29, 0.717) is 0 Å². The van der Waals surface area contributed by atoms with E-state index in [9.17, 15) is 0 Å². The van der Waals surface area contributed by atoms with Gasteiger partial charge < -0.3 is 5.32 Å².